The topological polar surface area (TPSA) is 80.5 Å². The fourth-order valence-corrected chi connectivity index (χ4v) is 6.97. The first-order chi connectivity index (χ1) is 12.4. The maximum Gasteiger partial charge on any atom is 0.293 e. The zero-order chi connectivity index (χ0) is 20.1. The van der Waals surface area contributed by atoms with Crippen molar-refractivity contribution < 1.29 is 14.5 Å². The van der Waals surface area contributed by atoms with Crippen molar-refractivity contribution in [2.45, 2.75) is 14.1 Å². The van der Waals surface area contributed by atoms with Gasteiger partial charge in [-0.2, -0.15) is 0 Å². The number of amides is 2. The van der Waals surface area contributed by atoms with Gasteiger partial charge in [0.1, 0.15) is 15.4 Å². The van der Waals surface area contributed by atoms with Crippen LogP contribution in [-0.4, -0.2) is 30.8 Å². The van der Waals surface area contributed by atoms with Crippen LogP contribution in [-0.2, 0) is 9.59 Å². The third kappa shape index (κ3) is 1.92. The summed E-state index contributed by atoms with van der Waals surface area (Å²) < 4.78 is -2.05. The third-order valence-electron chi connectivity index (χ3n) is 5.23. The van der Waals surface area contributed by atoms with E-state index >= 15 is 0 Å². The molecule has 0 aromatic heterocycles. The van der Waals surface area contributed by atoms with Gasteiger partial charge < -0.3 is 0 Å². The van der Waals surface area contributed by atoms with Crippen LogP contribution in [0, 0.1) is 22.0 Å². The van der Waals surface area contributed by atoms with E-state index in [0.29, 0.717) is 4.90 Å². The molecule has 0 spiro atoms. The predicted molar refractivity (Wildman–Crippen MR) is 103 cm³/mol. The van der Waals surface area contributed by atoms with Crippen molar-refractivity contribution in [2.24, 2.45) is 11.8 Å². The molecule has 142 valence electrons. The lowest BCUT2D eigenvalue weighted by Crippen LogP contribution is -2.50. The van der Waals surface area contributed by atoms with E-state index in [-0.39, 0.29) is 15.8 Å². The van der Waals surface area contributed by atoms with E-state index in [0.717, 1.165) is 6.07 Å². The van der Waals surface area contributed by atoms with Crippen LogP contribution in [0.15, 0.2) is 34.3 Å². The molecule has 2 bridgehead atoms. The van der Waals surface area contributed by atoms with Gasteiger partial charge in [0, 0.05) is 6.07 Å². The van der Waals surface area contributed by atoms with Crippen molar-refractivity contribution in [2.75, 3.05) is 4.90 Å². The predicted octanol–water partition coefficient (Wildman–Crippen LogP) is 4.55. The van der Waals surface area contributed by atoms with Crippen LogP contribution in [0.25, 0.3) is 0 Å². The lowest BCUT2D eigenvalue weighted by Gasteiger charge is -2.34. The number of nitro groups is 1. The Morgan fingerprint density at radius 3 is 1.81 bits per heavy atom. The third-order valence-corrected chi connectivity index (χ3v) is 9.49. The summed E-state index contributed by atoms with van der Waals surface area (Å²) in [6.45, 7) is 0. The number of imide groups is 1. The Balaban J connectivity index is 1.93. The summed E-state index contributed by atoms with van der Waals surface area (Å²) in [6, 6.07) is 5.28. The van der Waals surface area contributed by atoms with Gasteiger partial charge >= 0.3 is 0 Å². The summed E-state index contributed by atoms with van der Waals surface area (Å²) in [5.74, 6) is -4.36. The van der Waals surface area contributed by atoms with Crippen LogP contribution in [0.4, 0.5) is 11.4 Å². The molecule has 3 aliphatic rings. The normalized spacial score (nSPS) is 36.6. The number of halogens is 6. The molecular weight excluding hydrogens is 485 g/mol. The SMILES string of the molecule is O=C1[C@H]2[C@H](C(=O)N1c1ccccc1[N+](=O)[O-])[C@@]1(Cl)C(Cl)=C(Cl)[C@@]2(Cl)C1(Cl)Cl. The van der Waals surface area contributed by atoms with Crippen molar-refractivity contribution in [3.05, 3.63) is 44.4 Å². The number of nitro benzene ring substituents is 1. The molecule has 2 aliphatic carbocycles. The minimum atomic E-state index is -2.05. The molecule has 1 heterocycles. The summed E-state index contributed by atoms with van der Waals surface area (Å²) in [7, 11) is 0. The second-order valence-electron chi connectivity index (χ2n) is 6.34. The van der Waals surface area contributed by atoms with Gasteiger partial charge in [-0.3, -0.25) is 19.7 Å². The number of hydrogen-bond acceptors (Lipinski definition) is 4. The average molecular weight is 491 g/mol. The Hall–Kier alpha value is -0.760. The molecule has 27 heavy (non-hydrogen) atoms. The quantitative estimate of drug-likeness (QED) is 0.264. The first-order valence-corrected chi connectivity index (χ1v) is 9.63. The van der Waals surface area contributed by atoms with Crippen molar-refractivity contribution in [1.82, 2.24) is 0 Å². The molecule has 1 saturated carbocycles. The van der Waals surface area contributed by atoms with Crippen molar-refractivity contribution in [3.63, 3.8) is 0 Å². The van der Waals surface area contributed by atoms with Gasteiger partial charge in [0.15, 0.2) is 4.33 Å². The molecule has 4 rings (SSSR count). The lowest BCUT2D eigenvalue weighted by molar-refractivity contribution is -0.384. The fourth-order valence-electron chi connectivity index (χ4n) is 4.04. The second-order valence-corrected chi connectivity index (χ2v) is 9.61. The number of para-hydroxylation sites is 2. The highest BCUT2D eigenvalue weighted by atomic mass is 35.5. The largest absolute Gasteiger partial charge is 0.293 e. The molecule has 1 aromatic rings. The molecule has 1 saturated heterocycles. The monoisotopic (exact) mass is 488 g/mol. The first-order valence-electron chi connectivity index (χ1n) is 7.37. The van der Waals surface area contributed by atoms with Gasteiger partial charge in [-0.05, 0) is 6.07 Å². The van der Waals surface area contributed by atoms with Gasteiger partial charge in [0.25, 0.3) is 5.69 Å². The smallest absolute Gasteiger partial charge is 0.274 e. The Morgan fingerprint density at radius 2 is 1.37 bits per heavy atom. The standard InChI is InChI=1S/C15H6Cl6N2O4/c16-9-10(17)14(19)8-7(13(9,18)15(14,20)21)11(24)22(12(8)25)5-3-1-2-4-6(5)23(26)27/h1-4,7-8H/t7-,8-,13-,14-/m1/s1. The molecular formula is C15H6Cl6N2O4. The number of carbonyl (C=O) groups excluding carboxylic acids is 2. The molecule has 1 aromatic carbocycles. The first kappa shape index (κ1) is 19.6. The maximum atomic E-state index is 13.1. The number of rotatable bonds is 2. The van der Waals surface area contributed by atoms with Gasteiger partial charge in [0.05, 0.1) is 26.8 Å². The van der Waals surface area contributed by atoms with E-state index in [2.05, 4.69) is 0 Å². The van der Waals surface area contributed by atoms with E-state index < -0.39 is 48.3 Å². The van der Waals surface area contributed by atoms with Crippen LogP contribution >= 0.6 is 69.6 Å². The van der Waals surface area contributed by atoms with Crippen LogP contribution in [0.2, 0.25) is 0 Å². The lowest BCUT2D eigenvalue weighted by atomic mass is 9.84. The Morgan fingerprint density at radius 1 is 0.926 bits per heavy atom. The van der Waals surface area contributed by atoms with Crippen molar-refractivity contribution in [1.29, 1.82) is 0 Å². The number of carbonyl (C=O) groups is 2. The summed E-state index contributed by atoms with van der Waals surface area (Å²) in [4.78, 5) is 33.7. The number of nitrogens with zero attached hydrogens (tertiary/aromatic N) is 2. The molecule has 2 amide bonds. The number of alkyl halides is 4. The maximum absolute atomic E-state index is 13.1. The highest BCUT2D eigenvalue weighted by Crippen LogP contribution is 2.77. The van der Waals surface area contributed by atoms with E-state index in [1.807, 2.05) is 0 Å². The Bertz CT molecular complexity index is 935. The fraction of sp³-hybridized carbons (Fsp3) is 0.333. The summed E-state index contributed by atoms with van der Waals surface area (Å²) >= 11 is 38.3. The Labute approximate surface area is 182 Å². The zero-order valence-corrected chi connectivity index (χ0v) is 17.3. The Kier molecular flexibility index (Phi) is 4.09. The minimum Gasteiger partial charge on any atom is -0.274 e. The molecule has 1 aliphatic heterocycles. The van der Waals surface area contributed by atoms with Crippen molar-refractivity contribution in [3.8, 4) is 0 Å². The van der Waals surface area contributed by atoms with E-state index in [4.69, 9.17) is 69.6 Å². The van der Waals surface area contributed by atoms with Gasteiger partial charge in [-0.1, -0.05) is 58.5 Å². The average Bonchev–Trinajstić information content (AvgIpc) is 2.99. The second kappa shape index (κ2) is 5.65. The van der Waals surface area contributed by atoms with Gasteiger partial charge in [0.2, 0.25) is 11.8 Å². The van der Waals surface area contributed by atoms with Crippen LogP contribution in [0.3, 0.4) is 0 Å². The molecule has 4 atom stereocenters. The van der Waals surface area contributed by atoms with Gasteiger partial charge in [-0.25, -0.2) is 4.90 Å². The molecule has 2 fully saturated rings. The molecule has 0 radical (unpaired) electrons. The summed E-state index contributed by atoms with van der Waals surface area (Å²) in [5.41, 5.74) is -0.652. The molecule has 0 unspecified atom stereocenters. The zero-order valence-electron chi connectivity index (χ0n) is 12.8. The molecule has 12 heteroatoms. The van der Waals surface area contributed by atoms with E-state index in [1.165, 1.54) is 18.2 Å². The number of fused-ring (bicyclic) bond motifs is 5. The minimum absolute atomic E-state index is 0.214. The number of hydrogen-bond donors (Lipinski definition) is 0. The van der Waals surface area contributed by atoms with E-state index in [9.17, 15) is 19.7 Å². The summed E-state index contributed by atoms with van der Waals surface area (Å²) in [6.07, 6.45) is 0. The van der Waals surface area contributed by atoms with Crippen LogP contribution < -0.4 is 4.90 Å². The van der Waals surface area contributed by atoms with Gasteiger partial charge in [-0.15, -0.1) is 23.2 Å². The van der Waals surface area contributed by atoms with E-state index in [1.54, 1.807) is 0 Å². The highest BCUT2D eigenvalue weighted by Gasteiger charge is 2.87. The molecule has 0 N–H and O–H groups in total. The summed E-state index contributed by atoms with van der Waals surface area (Å²) in [5, 5.41) is 10.9. The number of anilines is 1. The molecule has 6 nitrogen and oxygen atoms in total. The highest BCUT2D eigenvalue weighted by molar-refractivity contribution is 6.67. The number of allylic oxidation sites excluding steroid dienone is 2. The van der Waals surface area contributed by atoms with Crippen LogP contribution in [0.5, 0.6) is 0 Å². The number of benzene rings is 1. The van der Waals surface area contributed by atoms with Crippen LogP contribution in [0.1, 0.15) is 0 Å². The van der Waals surface area contributed by atoms with Crippen molar-refractivity contribution >= 4 is 92.8 Å².